The lowest BCUT2D eigenvalue weighted by Gasteiger charge is -2.34. The molecule has 0 spiro atoms. The van der Waals surface area contributed by atoms with Crippen molar-refractivity contribution in [3.63, 3.8) is 0 Å². The lowest BCUT2D eigenvalue weighted by molar-refractivity contribution is -0.151. The molecule has 2 N–H and O–H groups in total. The molecule has 0 radical (unpaired) electrons. The molecule has 0 aromatic heterocycles. The van der Waals surface area contributed by atoms with Crippen molar-refractivity contribution >= 4 is 16.1 Å². The molecule has 1 rings (SSSR count). The van der Waals surface area contributed by atoms with E-state index in [1.54, 1.807) is 0 Å². The van der Waals surface area contributed by atoms with E-state index in [4.69, 9.17) is 9.29 Å². The molecule has 0 heterocycles. The van der Waals surface area contributed by atoms with Crippen molar-refractivity contribution in [2.45, 2.75) is 82.2 Å². The standard InChI is InChI=1S/C17H29F3O6S/c1-3-16(22,4-2)11-12-6-5-7-13(10-12)15(21)26-9-8-14(18)17(19,20)27(23,24)25/h12-14,22H,3-11H2,1-2H3,(H,23,24,25). The number of esters is 1. The van der Waals surface area contributed by atoms with Gasteiger partial charge in [0.25, 0.3) is 0 Å². The van der Waals surface area contributed by atoms with Crippen LogP contribution >= 0.6 is 0 Å². The fourth-order valence-electron chi connectivity index (χ4n) is 3.48. The minimum atomic E-state index is -5.88. The van der Waals surface area contributed by atoms with Gasteiger partial charge in [0.05, 0.1) is 18.1 Å². The van der Waals surface area contributed by atoms with E-state index >= 15 is 0 Å². The Bertz CT molecular complexity index is 591. The van der Waals surface area contributed by atoms with Gasteiger partial charge >= 0.3 is 21.3 Å². The Balaban J connectivity index is 2.51. The average Bonchev–Trinajstić information content (AvgIpc) is 2.60. The van der Waals surface area contributed by atoms with Crippen molar-refractivity contribution < 1.29 is 40.8 Å². The maximum absolute atomic E-state index is 13.4. The Morgan fingerprint density at radius 2 is 1.85 bits per heavy atom. The zero-order valence-electron chi connectivity index (χ0n) is 15.7. The van der Waals surface area contributed by atoms with Gasteiger partial charge < -0.3 is 9.84 Å². The van der Waals surface area contributed by atoms with Crippen LogP contribution in [0.15, 0.2) is 0 Å². The summed E-state index contributed by atoms with van der Waals surface area (Å²) in [6, 6.07) is 0. The van der Waals surface area contributed by atoms with Crippen LogP contribution < -0.4 is 0 Å². The maximum Gasteiger partial charge on any atom is 0.400 e. The molecule has 160 valence electrons. The molecule has 0 aliphatic heterocycles. The molecule has 0 saturated heterocycles. The molecule has 27 heavy (non-hydrogen) atoms. The third kappa shape index (κ3) is 6.60. The summed E-state index contributed by atoms with van der Waals surface area (Å²) in [7, 11) is -5.88. The molecule has 0 bridgehead atoms. The molecule has 10 heteroatoms. The fourth-order valence-corrected chi connectivity index (χ4v) is 3.92. The number of hydrogen-bond donors (Lipinski definition) is 2. The minimum Gasteiger partial charge on any atom is -0.465 e. The van der Waals surface area contributed by atoms with E-state index in [-0.39, 0.29) is 5.92 Å². The smallest absolute Gasteiger partial charge is 0.400 e. The van der Waals surface area contributed by atoms with Gasteiger partial charge in [-0.05, 0) is 38.0 Å². The number of carbonyl (C=O) groups is 1. The SMILES string of the molecule is CCC(O)(CC)CC1CCCC(C(=O)OCCC(F)C(F)(F)S(=O)(=O)O)C1. The highest BCUT2D eigenvalue weighted by Crippen LogP contribution is 2.37. The zero-order valence-corrected chi connectivity index (χ0v) is 16.5. The predicted molar refractivity (Wildman–Crippen MR) is 92.6 cm³/mol. The highest BCUT2D eigenvalue weighted by molar-refractivity contribution is 7.86. The number of alkyl halides is 3. The van der Waals surface area contributed by atoms with Gasteiger partial charge in [-0.1, -0.05) is 26.7 Å². The lowest BCUT2D eigenvalue weighted by Crippen LogP contribution is -2.39. The van der Waals surface area contributed by atoms with Crippen LogP contribution in [-0.2, 0) is 19.6 Å². The predicted octanol–water partition coefficient (Wildman–Crippen LogP) is 3.49. The molecule has 0 aromatic carbocycles. The summed E-state index contributed by atoms with van der Waals surface area (Å²) in [4.78, 5) is 12.1. The van der Waals surface area contributed by atoms with Gasteiger partial charge in [0.15, 0.2) is 6.17 Å². The van der Waals surface area contributed by atoms with E-state index in [1.165, 1.54) is 0 Å². The topological polar surface area (TPSA) is 101 Å². The van der Waals surface area contributed by atoms with E-state index in [0.29, 0.717) is 32.1 Å². The Labute approximate surface area is 158 Å². The van der Waals surface area contributed by atoms with E-state index in [0.717, 1.165) is 12.8 Å². The van der Waals surface area contributed by atoms with Crippen molar-refractivity contribution in [2.75, 3.05) is 6.61 Å². The molecule has 0 amide bonds. The van der Waals surface area contributed by atoms with Crippen LogP contribution in [0.5, 0.6) is 0 Å². The van der Waals surface area contributed by atoms with Crippen LogP contribution in [0, 0.1) is 11.8 Å². The van der Waals surface area contributed by atoms with Crippen molar-refractivity contribution in [1.82, 2.24) is 0 Å². The molecular formula is C17H29F3O6S. The first-order valence-corrected chi connectivity index (χ1v) is 10.7. The van der Waals surface area contributed by atoms with Gasteiger partial charge in [-0.25, -0.2) is 4.39 Å². The molecule has 1 aliphatic carbocycles. The van der Waals surface area contributed by atoms with E-state index in [2.05, 4.69) is 0 Å². The molecule has 0 aromatic rings. The number of aliphatic hydroxyl groups is 1. The van der Waals surface area contributed by atoms with Crippen LogP contribution in [-0.4, -0.2) is 47.7 Å². The Morgan fingerprint density at radius 3 is 2.37 bits per heavy atom. The van der Waals surface area contributed by atoms with Gasteiger partial charge in [0.1, 0.15) is 0 Å². The number of ether oxygens (including phenoxy) is 1. The summed E-state index contributed by atoms with van der Waals surface area (Å²) in [6.45, 7) is 3.09. The van der Waals surface area contributed by atoms with Gasteiger partial charge in [-0.15, -0.1) is 0 Å². The van der Waals surface area contributed by atoms with Crippen molar-refractivity contribution in [3.05, 3.63) is 0 Å². The second-order valence-corrected chi connectivity index (χ2v) is 8.82. The Kier molecular flexibility index (Phi) is 8.55. The van der Waals surface area contributed by atoms with Crippen molar-refractivity contribution in [2.24, 2.45) is 11.8 Å². The maximum atomic E-state index is 13.4. The number of carbonyl (C=O) groups excluding carboxylic acids is 1. The third-order valence-electron chi connectivity index (χ3n) is 5.43. The van der Waals surface area contributed by atoms with Gasteiger partial charge in [-0.2, -0.15) is 17.2 Å². The van der Waals surface area contributed by atoms with Crippen LogP contribution in [0.3, 0.4) is 0 Å². The van der Waals surface area contributed by atoms with Crippen molar-refractivity contribution in [3.8, 4) is 0 Å². The third-order valence-corrected chi connectivity index (χ3v) is 6.37. The van der Waals surface area contributed by atoms with Crippen LogP contribution in [0.1, 0.15) is 65.2 Å². The summed E-state index contributed by atoms with van der Waals surface area (Å²) in [5, 5.41) is 5.51. The van der Waals surface area contributed by atoms with Crippen LogP contribution in [0.25, 0.3) is 0 Å². The normalized spacial score (nSPS) is 23.1. The first-order valence-electron chi connectivity index (χ1n) is 9.24. The minimum absolute atomic E-state index is 0.138. The van der Waals surface area contributed by atoms with E-state index < -0.39 is 52.1 Å². The summed E-state index contributed by atoms with van der Waals surface area (Å²) in [5.74, 6) is -0.959. The average molecular weight is 418 g/mol. The molecule has 1 aliphatic rings. The number of rotatable bonds is 10. The lowest BCUT2D eigenvalue weighted by atomic mass is 9.75. The summed E-state index contributed by atoms with van der Waals surface area (Å²) < 4.78 is 73.7. The zero-order chi connectivity index (χ0) is 20.9. The summed E-state index contributed by atoms with van der Waals surface area (Å²) >= 11 is 0. The largest absolute Gasteiger partial charge is 0.465 e. The quantitative estimate of drug-likeness (QED) is 0.416. The monoisotopic (exact) mass is 418 g/mol. The molecule has 1 fully saturated rings. The highest BCUT2D eigenvalue weighted by atomic mass is 32.2. The Morgan fingerprint density at radius 1 is 1.26 bits per heavy atom. The van der Waals surface area contributed by atoms with Crippen molar-refractivity contribution in [1.29, 1.82) is 0 Å². The number of halogens is 3. The molecular weight excluding hydrogens is 389 g/mol. The Hall–Kier alpha value is -0.870. The molecule has 3 atom stereocenters. The first kappa shape index (κ1) is 24.2. The van der Waals surface area contributed by atoms with Crippen LogP contribution in [0.4, 0.5) is 13.2 Å². The summed E-state index contributed by atoms with van der Waals surface area (Å²) in [6.07, 6.45) is 0.262. The van der Waals surface area contributed by atoms with Gasteiger partial charge in [-0.3, -0.25) is 9.35 Å². The first-order chi connectivity index (χ1) is 12.4. The fraction of sp³-hybridized carbons (Fsp3) is 0.941. The second kappa shape index (κ2) is 9.56. The van der Waals surface area contributed by atoms with E-state index in [1.807, 2.05) is 13.8 Å². The molecule has 1 saturated carbocycles. The highest BCUT2D eigenvalue weighted by Gasteiger charge is 2.52. The van der Waals surface area contributed by atoms with Gasteiger partial charge in [0, 0.05) is 6.42 Å². The van der Waals surface area contributed by atoms with Crippen LogP contribution in [0.2, 0.25) is 0 Å². The number of hydrogen-bond acceptors (Lipinski definition) is 5. The molecule has 3 unspecified atom stereocenters. The second-order valence-electron chi connectivity index (χ2n) is 7.33. The van der Waals surface area contributed by atoms with Gasteiger partial charge in [0.2, 0.25) is 0 Å². The molecule has 6 nitrogen and oxygen atoms in total. The summed E-state index contributed by atoms with van der Waals surface area (Å²) in [5.41, 5.74) is -0.778. The van der Waals surface area contributed by atoms with E-state index in [9.17, 15) is 31.5 Å².